The Morgan fingerprint density at radius 3 is 2.67 bits per heavy atom. The van der Waals surface area contributed by atoms with Gasteiger partial charge >= 0.3 is 0 Å². The first-order valence-electron chi connectivity index (χ1n) is 8.39. The van der Waals surface area contributed by atoms with Crippen LogP contribution in [0.1, 0.15) is 17.5 Å². The highest BCUT2D eigenvalue weighted by molar-refractivity contribution is 6.01. The Morgan fingerprint density at radius 1 is 0.917 bits per heavy atom. The van der Waals surface area contributed by atoms with E-state index in [9.17, 15) is 0 Å². The first-order valence-corrected chi connectivity index (χ1v) is 8.39. The molecule has 0 saturated carbocycles. The lowest BCUT2D eigenvalue weighted by molar-refractivity contribution is 0.307. The minimum Gasteiger partial charge on any atom is -0.488 e. The van der Waals surface area contributed by atoms with E-state index in [2.05, 4.69) is 58.8 Å². The number of amidine groups is 1. The van der Waals surface area contributed by atoms with Crippen molar-refractivity contribution in [2.45, 2.75) is 13.0 Å². The highest BCUT2D eigenvalue weighted by atomic mass is 16.5. The number of ether oxygens (including phenoxy) is 1. The van der Waals surface area contributed by atoms with Gasteiger partial charge in [0.05, 0.1) is 5.56 Å². The molecular formula is C21H20N2O. The summed E-state index contributed by atoms with van der Waals surface area (Å²) >= 11 is 0. The van der Waals surface area contributed by atoms with E-state index in [-0.39, 0.29) is 0 Å². The zero-order valence-corrected chi connectivity index (χ0v) is 13.5. The Balaban J connectivity index is 1.61. The molecule has 1 heterocycles. The van der Waals surface area contributed by atoms with Gasteiger partial charge in [-0.15, -0.1) is 0 Å². The number of hydrogen-bond acceptors (Lipinski definition) is 3. The zero-order chi connectivity index (χ0) is 16.2. The number of rotatable bonds is 4. The molecule has 0 radical (unpaired) electrons. The van der Waals surface area contributed by atoms with Crippen LogP contribution < -0.4 is 10.1 Å². The molecular weight excluding hydrogens is 296 g/mol. The summed E-state index contributed by atoms with van der Waals surface area (Å²) in [7, 11) is 0. The molecule has 0 fully saturated rings. The molecule has 0 bridgehead atoms. The predicted molar refractivity (Wildman–Crippen MR) is 98.7 cm³/mol. The van der Waals surface area contributed by atoms with Crippen molar-refractivity contribution in [1.29, 1.82) is 0 Å². The van der Waals surface area contributed by atoms with Crippen molar-refractivity contribution < 1.29 is 4.74 Å². The van der Waals surface area contributed by atoms with Gasteiger partial charge in [0.15, 0.2) is 0 Å². The van der Waals surface area contributed by atoms with Gasteiger partial charge in [-0.2, -0.15) is 0 Å². The fourth-order valence-electron chi connectivity index (χ4n) is 3.08. The minimum atomic E-state index is 0.547. The van der Waals surface area contributed by atoms with Crippen LogP contribution in [0.3, 0.4) is 0 Å². The van der Waals surface area contributed by atoms with Crippen LogP contribution in [0, 0.1) is 0 Å². The summed E-state index contributed by atoms with van der Waals surface area (Å²) in [6.07, 6.45) is 1.09. The quantitative estimate of drug-likeness (QED) is 0.784. The number of aliphatic imine (C=N–C) groups is 1. The molecule has 4 rings (SSSR count). The second-order valence-electron chi connectivity index (χ2n) is 5.93. The maximum atomic E-state index is 6.16. The highest BCUT2D eigenvalue weighted by Crippen LogP contribution is 2.23. The fraction of sp³-hybridized carbons (Fsp3) is 0.190. The van der Waals surface area contributed by atoms with Crippen molar-refractivity contribution in [3.05, 3.63) is 77.9 Å². The van der Waals surface area contributed by atoms with Crippen molar-refractivity contribution in [2.24, 2.45) is 4.99 Å². The molecule has 3 aromatic rings. The van der Waals surface area contributed by atoms with Crippen LogP contribution >= 0.6 is 0 Å². The van der Waals surface area contributed by atoms with Crippen LogP contribution in [-0.2, 0) is 6.61 Å². The molecule has 0 spiro atoms. The summed E-state index contributed by atoms with van der Waals surface area (Å²) in [4.78, 5) is 4.59. The van der Waals surface area contributed by atoms with Crippen molar-refractivity contribution in [3.8, 4) is 5.75 Å². The molecule has 3 aromatic carbocycles. The Hall–Kier alpha value is -2.81. The SMILES string of the molecule is c1ccc(C2=NCCCN2)c(OCc2cccc3ccccc23)c1. The molecule has 24 heavy (non-hydrogen) atoms. The van der Waals surface area contributed by atoms with E-state index in [0.717, 1.165) is 36.7 Å². The number of nitrogens with one attached hydrogen (secondary N) is 1. The normalized spacial score (nSPS) is 14.1. The summed E-state index contributed by atoms with van der Waals surface area (Å²) < 4.78 is 6.16. The minimum absolute atomic E-state index is 0.547. The molecule has 1 aliphatic heterocycles. The fourth-order valence-corrected chi connectivity index (χ4v) is 3.08. The zero-order valence-electron chi connectivity index (χ0n) is 13.5. The first kappa shape index (κ1) is 14.8. The third-order valence-electron chi connectivity index (χ3n) is 4.30. The van der Waals surface area contributed by atoms with Crippen molar-refractivity contribution in [1.82, 2.24) is 5.32 Å². The summed E-state index contributed by atoms with van der Waals surface area (Å²) in [6, 6.07) is 22.9. The molecule has 0 unspecified atom stereocenters. The monoisotopic (exact) mass is 316 g/mol. The van der Waals surface area contributed by atoms with Crippen molar-refractivity contribution in [3.63, 3.8) is 0 Å². The Morgan fingerprint density at radius 2 is 1.75 bits per heavy atom. The molecule has 0 aliphatic carbocycles. The van der Waals surface area contributed by atoms with Crippen molar-refractivity contribution in [2.75, 3.05) is 13.1 Å². The second-order valence-corrected chi connectivity index (χ2v) is 5.93. The summed E-state index contributed by atoms with van der Waals surface area (Å²) in [5.74, 6) is 1.81. The Kier molecular flexibility index (Phi) is 4.15. The summed E-state index contributed by atoms with van der Waals surface area (Å²) in [5, 5.41) is 5.86. The van der Waals surface area contributed by atoms with E-state index in [1.54, 1.807) is 0 Å². The van der Waals surface area contributed by atoms with Gasteiger partial charge in [0, 0.05) is 13.1 Å². The summed E-state index contributed by atoms with van der Waals surface area (Å²) in [5.41, 5.74) is 2.24. The maximum Gasteiger partial charge on any atom is 0.132 e. The number of para-hydroxylation sites is 1. The Labute approximate surface area is 142 Å². The molecule has 1 N–H and O–H groups in total. The summed E-state index contributed by atoms with van der Waals surface area (Å²) in [6.45, 7) is 2.39. The van der Waals surface area contributed by atoms with Crippen molar-refractivity contribution >= 4 is 16.6 Å². The third-order valence-corrected chi connectivity index (χ3v) is 4.30. The van der Waals surface area contributed by atoms with E-state index in [4.69, 9.17) is 4.74 Å². The lowest BCUT2D eigenvalue weighted by Gasteiger charge is -2.18. The van der Waals surface area contributed by atoms with Gasteiger partial charge in [-0.05, 0) is 34.9 Å². The highest BCUT2D eigenvalue weighted by Gasteiger charge is 2.12. The molecule has 0 atom stereocenters. The van der Waals surface area contributed by atoms with Crippen LogP contribution in [0.5, 0.6) is 5.75 Å². The van der Waals surface area contributed by atoms with E-state index < -0.39 is 0 Å². The van der Waals surface area contributed by atoms with Gasteiger partial charge < -0.3 is 10.1 Å². The predicted octanol–water partition coefficient (Wildman–Crippen LogP) is 4.16. The number of nitrogens with zero attached hydrogens (tertiary/aromatic N) is 1. The molecule has 3 nitrogen and oxygen atoms in total. The molecule has 3 heteroatoms. The lowest BCUT2D eigenvalue weighted by Crippen LogP contribution is -2.30. The molecule has 120 valence electrons. The molecule has 0 saturated heterocycles. The van der Waals surface area contributed by atoms with Crippen LogP contribution in [-0.4, -0.2) is 18.9 Å². The van der Waals surface area contributed by atoms with Gasteiger partial charge in [-0.3, -0.25) is 4.99 Å². The average Bonchev–Trinajstić information content (AvgIpc) is 2.67. The molecule has 0 amide bonds. The van der Waals surface area contributed by atoms with Gasteiger partial charge in [0.1, 0.15) is 18.2 Å². The number of benzene rings is 3. The van der Waals surface area contributed by atoms with E-state index in [1.807, 2.05) is 18.2 Å². The van der Waals surface area contributed by atoms with E-state index in [1.165, 1.54) is 16.3 Å². The topological polar surface area (TPSA) is 33.6 Å². The van der Waals surface area contributed by atoms with Crippen LogP contribution in [0.15, 0.2) is 71.7 Å². The van der Waals surface area contributed by atoms with Gasteiger partial charge in [-0.1, -0.05) is 54.6 Å². The van der Waals surface area contributed by atoms with Gasteiger partial charge in [0.25, 0.3) is 0 Å². The standard InChI is InChI=1S/C21H20N2O/c1-2-10-18-16(7-1)8-5-9-17(18)15-24-20-12-4-3-11-19(20)21-22-13-6-14-23-21/h1-5,7-12H,6,13-15H2,(H,22,23). The van der Waals surface area contributed by atoms with Crippen LogP contribution in [0.25, 0.3) is 10.8 Å². The largest absolute Gasteiger partial charge is 0.488 e. The molecule has 1 aliphatic rings. The number of fused-ring (bicyclic) bond motifs is 1. The first-order chi connectivity index (χ1) is 11.9. The maximum absolute atomic E-state index is 6.16. The van der Waals surface area contributed by atoms with Crippen LogP contribution in [0.4, 0.5) is 0 Å². The second kappa shape index (κ2) is 6.75. The molecule has 0 aromatic heterocycles. The van der Waals surface area contributed by atoms with E-state index in [0.29, 0.717) is 6.61 Å². The van der Waals surface area contributed by atoms with Gasteiger partial charge in [0.2, 0.25) is 0 Å². The van der Waals surface area contributed by atoms with Gasteiger partial charge in [-0.25, -0.2) is 0 Å². The van der Waals surface area contributed by atoms with Crippen LogP contribution in [0.2, 0.25) is 0 Å². The van der Waals surface area contributed by atoms with E-state index >= 15 is 0 Å². The Bertz CT molecular complexity index is 880. The lowest BCUT2D eigenvalue weighted by atomic mass is 10.1. The number of hydrogen-bond donors (Lipinski definition) is 1. The average molecular weight is 316 g/mol. The smallest absolute Gasteiger partial charge is 0.132 e. The third kappa shape index (κ3) is 2.98.